The van der Waals surface area contributed by atoms with E-state index < -0.39 is 0 Å². The van der Waals surface area contributed by atoms with Crippen molar-refractivity contribution in [2.75, 3.05) is 11.1 Å². The molecule has 1 aliphatic heterocycles. The highest BCUT2D eigenvalue weighted by atomic mass is 32.2. The van der Waals surface area contributed by atoms with Gasteiger partial charge in [-0.3, -0.25) is 9.89 Å². The van der Waals surface area contributed by atoms with Crippen LogP contribution in [0.25, 0.3) is 11.3 Å². The zero-order valence-corrected chi connectivity index (χ0v) is 11.2. The molecular formula is C14H15N3OS. The Morgan fingerprint density at radius 1 is 1.42 bits per heavy atom. The monoisotopic (exact) mass is 273 g/mol. The highest BCUT2D eigenvalue weighted by Gasteiger charge is 2.23. The number of anilines is 1. The highest BCUT2D eigenvalue weighted by Crippen LogP contribution is 2.28. The van der Waals surface area contributed by atoms with Crippen LogP contribution in [0.5, 0.6) is 0 Å². The zero-order chi connectivity index (χ0) is 13.1. The van der Waals surface area contributed by atoms with E-state index in [9.17, 15) is 4.79 Å². The van der Waals surface area contributed by atoms with Gasteiger partial charge in [0.15, 0.2) is 0 Å². The molecule has 1 atom stereocenters. The average Bonchev–Trinajstić information content (AvgIpc) is 3.13. The minimum absolute atomic E-state index is 0.107. The molecule has 19 heavy (non-hydrogen) atoms. The van der Waals surface area contributed by atoms with Crippen LogP contribution in [0.4, 0.5) is 5.69 Å². The van der Waals surface area contributed by atoms with Gasteiger partial charge in [-0.15, -0.1) is 11.8 Å². The number of hydrogen-bond acceptors (Lipinski definition) is 3. The number of rotatable bonds is 3. The van der Waals surface area contributed by atoms with E-state index in [0.717, 1.165) is 35.5 Å². The Morgan fingerprint density at radius 2 is 2.37 bits per heavy atom. The smallest absolute Gasteiger partial charge is 0.237 e. The van der Waals surface area contributed by atoms with Crippen LogP contribution in [-0.2, 0) is 4.79 Å². The van der Waals surface area contributed by atoms with E-state index in [1.54, 1.807) is 18.0 Å². The number of nitrogens with one attached hydrogen (secondary N) is 2. The fourth-order valence-electron chi connectivity index (χ4n) is 2.19. The van der Waals surface area contributed by atoms with Crippen molar-refractivity contribution in [3.8, 4) is 11.3 Å². The molecule has 2 N–H and O–H groups in total. The third-order valence-corrected chi connectivity index (χ3v) is 4.54. The van der Waals surface area contributed by atoms with E-state index >= 15 is 0 Å². The number of aromatic nitrogens is 2. The first-order valence-corrected chi connectivity index (χ1v) is 7.40. The van der Waals surface area contributed by atoms with E-state index in [1.807, 2.05) is 30.3 Å². The molecule has 1 saturated heterocycles. The summed E-state index contributed by atoms with van der Waals surface area (Å²) >= 11 is 1.74. The predicted molar refractivity (Wildman–Crippen MR) is 78.1 cm³/mol. The Labute approximate surface area is 116 Å². The van der Waals surface area contributed by atoms with Gasteiger partial charge in [-0.1, -0.05) is 12.1 Å². The van der Waals surface area contributed by atoms with Crippen molar-refractivity contribution >= 4 is 23.4 Å². The average molecular weight is 273 g/mol. The van der Waals surface area contributed by atoms with Crippen LogP contribution in [0.3, 0.4) is 0 Å². The highest BCUT2D eigenvalue weighted by molar-refractivity contribution is 8.00. The van der Waals surface area contributed by atoms with Crippen molar-refractivity contribution in [2.45, 2.75) is 18.1 Å². The molecule has 0 bridgehead atoms. The minimum Gasteiger partial charge on any atom is -0.325 e. The summed E-state index contributed by atoms with van der Waals surface area (Å²) in [6.07, 6.45) is 3.84. The third-order valence-electron chi connectivity index (χ3n) is 3.16. The summed E-state index contributed by atoms with van der Waals surface area (Å²) in [5.41, 5.74) is 2.81. The summed E-state index contributed by atoms with van der Waals surface area (Å²) in [5.74, 6) is 1.20. The van der Waals surface area contributed by atoms with E-state index in [0.29, 0.717) is 0 Å². The van der Waals surface area contributed by atoms with Crippen LogP contribution in [0.15, 0.2) is 36.5 Å². The Balaban J connectivity index is 1.74. The molecule has 1 aliphatic rings. The van der Waals surface area contributed by atoms with Crippen molar-refractivity contribution in [3.63, 3.8) is 0 Å². The number of carbonyl (C=O) groups excluding carboxylic acids is 1. The number of nitrogens with zero attached hydrogens (tertiary/aromatic N) is 1. The maximum absolute atomic E-state index is 12.1. The fourth-order valence-corrected chi connectivity index (χ4v) is 3.35. The number of amides is 1. The van der Waals surface area contributed by atoms with Gasteiger partial charge < -0.3 is 5.32 Å². The van der Waals surface area contributed by atoms with Crippen molar-refractivity contribution in [3.05, 3.63) is 36.5 Å². The lowest BCUT2D eigenvalue weighted by Crippen LogP contribution is -2.22. The van der Waals surface area contributed by atoms with Crippen LogP contribution in [0.2, 0.25) is 0 Å². The largest absolute Gasteiger partial charge is 0.325 e. The predicted octanol–water partition coefficient (Wildman–Crippen LogP) is 2.91. The second-order valence-corrected chi connectivity index (χ2v) is 5.85. The number of aromatic amines is 1. The quantitative estimate of drug-likeness (QED) is 0.904. The van der Waals surface area contributed by atoms with Gasteiger partial charge in [0.2, 0.25) is 5.91 Å². The molecule has 2 aromatic rings. The van der Waals surface area contributed by atoms with Gasteiger partial charge in [-0.05, 0) is 36.8 Å². The standard InChI is InChI=1S/C14H15N3OS/c18-14(13-5-2-8-19-13)16-11-4-1-3-10(9-11)12-6-7-15-17-12/h1,3-4,6-7,9,13H,2,5,8H2,(H,15,17)(H,16,18). The Hall–Kier alpha value is -1.75. The molecule has 0 radical (unpaired) electrons. The molecule has 1 fully saturated rings. The van der Waals surface area contributed by atoms with Gasteiger partial charge in [0.05, 0.1) is 10.9 Å². The minimum atomic E-state index is 0.107. The molecular weight excluding hydrogens is 258 g/mol. The van der Waals surface area contributed by atoms with Crippen molar-refractivity contribution in [1.29, 1.82) is 0 Å². The number of hydrogen-bond donors (Lipinski definition) is 2. The molecule has 4 nitrogen and oxygen atoms in total. The number of H-pyrrole nitrogens is 1. The lowest BCUT2D eigenvalue weighted by molar-refractivity contribution is -0.115. The number of carbonyl (C=O) groups is 1. The van der Waals surface area contributed by atoms with Crippen LogP contribution in [0, 0.1) is 0 Å². The third kappa shape index (κ3) is 2.81. The van der Waals surface area contributed by atoms with Gasteiger partial charge in [0.25, 0.3) is 0 Å². The Morgan fingerprint density at radius 3 is 3.11 bits per heavy atom. The van der Waals surface area contributed by atoms with Crippen molar-refractivity contribution < 1.29 is 4.79 Å². The molecule has 1 aromatic heterocycles. The van der Waals surface area contributed by atoms with Gasteiger partial charge in [-0.25, -0.2) is 0 Å². The van der Waals surface area contributed by atoms with E-state index in [-0.39, 0.29) is 11.2 Å². The van der Waals surface area contributed by atoms with Gasteiger partial charge in [0.1, 0.15) is 0 Å². The summed E-state index contributed by atoms with van der Waals surface area (Å²) in [4.78, 5) is 12.1. The van der Waals surface area contributed by atoms with Crippen molar-refractivity contribution in [2.24, 2.45) is 0 Å². The summed E-state index contributed by atoms with van der Waals surface area (Å²) in [6.45, 7) is 0. The van der Waals surface area contributed by atoms with Gasteiger partial charge in [0, 0.05) is 17.4 Å². The molecule has 5 heteroatoms. The van der Waals surface area contributed by atoms with E-state index in [2.05, 4.69) is 15.5 Å². The second-order valence-electron chi connectivity index (χ2n) is 4.54. The molecule has 1 unspecified atom stereocenters. The summed E-state index contributed by atoms with van der Waals surface area (Å²) in [7, 11) is 0. The van der Waals surface area contributed by atoms with Crippen LogP contribution < -0.4 is 5.32 Å². The molecule has 3 rings (SSSR count). The Kier molecular flexibility index (Phi) is 3.55. The summed E-state index contributed by atoms with van der Waals surface area (Å²) < 4.78 is 0. The van der Waals surface area contributed by atoms with Crippen LogP contribution >= 0.6 is 11.8 Å². The maximum atomic E-state index is 12.1. The molecule has 1 aromatic carbocycles. The fraction of sp³-hybridized carbons (Fsp3) is 0.286. The topological polar surface area (TPSA) is 57.8 Å². The first-order chi connectivity index (χ1) is 9.33. The normalized spacial score (nSPS) is 18.4. The van der Waals surface area contributed by atoms with Gasteiger partial charge >= 0.3 is 0 Å². The molecule has 0 saturated carbocycles. The SMILES string of the molecule is O=C(Nc1cccc(-c2ccn[nH]2)c1)C1CCCS1. The molecule has 98 valence electrons. The van der Waals surface area contributed by atoms with Crippen LogP contribution in [0.1, 0.15) is 12.8 Å². The summed E-state index contributed by atoms with van der Waals surface area (Å²) in [5, 5.41) is 9.96. The molecule has 2 heterocycles. The number of benzene rings is 1. The van der Waals surface area contributed by atoms with Gasteiger partial charge in [-0.2, -0.15) is 5.10 Å². The lowest BCUT2D eigenvalue weighted by atomic mass is 10.1. The first kappa shape index (κ1) is 12.3. The second kappa shape index (κ2) is 5.48. The molecule has 1 amide bonds. The maximum Gasteiger partial charge on any atom is 0.237 e. The van der Waals surface area contributed by atoms with E-state index in [1.165, 1.54) is 0 Å². The Bertz CT molecular complexity index is 562. The van der Waals surface area contributed by atoms with Crippen LogP contribution in [-0.4, -0.2) is 27.1 Å². The van der Waals surface area contributed by atoms with Crippen molar-refractivity contribution in [1.82, 2.24) is 10.2 Å². The number of thioether (sulfide) groups is 1. The van der Waals surface area contributed by atoms with E-state index in [4.69, 9.17) is 0 Å². The molecule has 0 spiro atoms. The molecule has 0 aliphatic carbocycles. The summed E-state index contributed by atoms with van der Waals surface area (Å²) in [6, 6.07) is 9.72. The zero-order valence-electron chi connectivity index (χ0n) is 10.4. The first-order valence-electron chi connectivity index (χ1n) is 6.35. The lowest BCUT2D eigenvalue weighted by Gasteiger charge is -2.10.